The zero-order chi connectivity index (χ0) is 23.9. The quantitative estimate of drug-likeness (QED) is 0.205. The first-order valence-corrected chi connectivity index (χ1v) is 11.6. The lowest BCUT2D eigenvalue weighted by Crippen LogP contribution is -2.36. The van der Waals surface area contributed by atoms with Gasteiger partial charge in [-0.3, -0.25) is 14.2 Å². The molecule has 9 nitrogen and oxygen atoms in total. The number of benzene rings is 2. The number of anilines is 1. The molecule has 0 radical (unpaired) electrons. The topological polar surface area (TPSA) is 107 Å². The maximum atomic E-state index is 13.2. The van der Waals surface area contributed by atoms with Crippen LogP contribution in [0.5, 0.6) is 0 Å². The summed E-state index contributed by atoms with van der Waals surface area (Å²) in [6.45, 7) is 0.928. The van der Waals surface area contributed by atoms with Crippen LogP contribution in [0.15, 0.2) is 81.0 Å². The lowest BCUT2D eigenvalue weighted by molar-refractivity contribution is -0.763. The van der Waals surface area contributed by atoms with Crippen molar-refractivity contribution in [2.45, 2.75) is 6.54 Å². The minimum absolute atomic E-state index is 0.0480. The van der Waals surface area contributed by atoms with Gasteiger partial charge in [0.2, 0.25) is 11.8 Å². The number of amidine groups is 1. The molecule has 11 heteroatoms. The number of thioether (sulfide) groups is 1. The normalized spacial score (nSPS) is 15.3. The molecule has 0 bridgehead atoms. The van der Waals surface area contributed by atoms with Gasteiger partial charge in [-0.2, -0.15) is 0 Å². The number of methoxy groups -OCH3 is 1. The number of aliphatic imine (C=N–C) groups is 2. The molecule has 2 heterocycles. The van der Waals surface area contributed by atoms with Crippen molar-refractivity contribution in [1.82, 2.24) is 5.27 Å². The minimum Gasteiger partial charge on any atom is -0.861 e. The second kappa shape index (κ2) is 11.1. The van der Waals surface area contributed by atoms with E-state index in [0.717, 1.165) is 11.8 Å². The van der Waals surface area contributed by atoms with E-state index in [2.05, 4.69) is 15.3 Å². The van der Waals surface area contributed by atoms with E-state index in [9.17, 15) is 9.90 Å². The fraction of sp³-hybridized carbons (Fsp3) is 0.174. The predicted molar refractivity (Wildman–Crippen MR) is 129 cm³/mol. The number of halogens is 1. The number of aromatic nitrogens is 2. The molecule has 0 atom stereocenters. The van der Waals surface area contributed by atoms with Gasteiger partial charge in [0, 0.05) is 17.9 Å². The van der Waals surface area contributed by atoms with Crippen LogP contribution in [-0.4, -0.2) is 41.7 Å². The van der Waals surface area contributed by atoms with Crippen LogP contribution in [0.3, 0.4) is 0 Å². The fourth-order valence-electron chi connectivity index (χ4n) is 3.03. The summed E-state index contributed by atoms with van der Waals surface area (Å²) in [7, 11) is 1.58. The highest BCUT2D eigenvalue weighted by Gasteiger charge is 2.32. The van der Waals surface area contributed by atoms with Crippen molar-refractivity contribution in [1.29, 1.82) is 0 Å². The highest BCUT2D eigenvalue weighted by Crippen LogP contribution is 2.30. The molecule has 1 aromatic heterocycles. The molecule has 0 aliphatic carbocycles. The molecule has 0 fully saturated rings. The number of amides is 1. The number of hydrogen-bond acceptors (Lipinski definition) is 8. The first-order valence-electron chi connectivity index (χ1n) is 10.2. The Labute approximate surface area is 205 Å². The van der Waals surface area contributed by atoms with Crippen molar-refractivity contribution in [2.75, 3.05) is 24.4 Å². The van der Waals surface area contributed by atoms with E-state index in [-0.39, 0.29) is 23.2 Å². The molecule has 0 spiro atoms. The van der Waals surface area contributed by atoms with Crippen LogP contribution >= 0.6 is 23.4 Å². The van der Waals surface area contributed by atoms with Gasteiger partial charge in [0.25, 0.3) is 12.1 Å². The third kappa shape index (κ3) is 5.71. The van der Waals surface area contributed by atoms with Crippen molar-refractivity contribution < 1.29 is 23.8 Å². The fourth-order valence-corrected chi connectivity index (χ4v) is 4.01. The number of carbonyl (C=O) groups is 1. The number of nitrogens with zero attached hydrogens (tertiary/aromatic N) is 5. The van der Waals surface area contributed by atoms with Crippen molar-refractivity contribution >= 4 is 58.0 Å². The molecule has 0 N–H and O–H groups in total. The molecule has 34 heavy (non-hydrogen) atoms. The number of ether oxygens (including phenoxy) is 1. The highest BCUT2D eigenvalue weighted by molar-refractivity contribution is 8.14. The van der Waals surface area contributed by atoms with Gasteiger partial charge in [0.05, 0.1) is 5.69 Å². The Morgan fingerprint density at radius 3 is 2.79 bits per heavy atom. The molecule has 0 unspecified atom stereocenters. The summed E-state index contributed by atoms with van der Waals surface area (Å²) < 4.78 is 11.5. The maximum absolute atomic E-state index is 13.2. The molecular formula is C23H20ClN5O4S. The van der Waals surface area contributed by atoms with Gasteiger partial charge >= 0.3 is 5.88 Å². The van der Waals surface area contributed by atoms with Crippen LogP contribution in [0, 0.1) is 0 Å². The molecule has 3 aromatic rings. The lowest BCUT2D eigenvalue weighted by Gasteiger charge is -2.18. The van der Waals surface area contributed by atoms with Gasteiger partial charge in [-0.1, -0.05) is 59.8 Å². The van der Waals surface area contributed by atoms with Crippen LogP contribution in [0.4, 0.5) is 11.6 Å². The number of carbonyl (C=O) groups excluding carboxylic acids is 1. The van der Waals surface area contributed by atoms with Crippen LogP contribution in [0.2, 0.25) is 5.02 Å². The van der Waals surface area contributed by atoms with Crippen molar-refractivity contribution in [2.24, 2.45) is 9.98 Å². The van der Waals surface area contributed by atoms with Crippen molar-refractivity contribution in [3.05, 3.63) is 77.1 Å². The SMILES string of the molecule is COCC[n+]1cc(/N=C(\[O-])CSC2=N/C(=C/c3ccccc3Cl)C(=O)N2c2ccccc2)on1. The Hall–Kier alpha value is -3.47. The van der Waals surface area contributed by atoms with Crippen LogP contribution in [-0.2, 0) is 16.1 Å². The van der Waals surface area contributed by atoms with E-state index in [1.54, 1.807) is 37.5 Å². The smallest absolute Gasteiger partial charge is 0.320 e. The maximum Gasteiger partial charge on any atom is 0.320 e. The van der Waals surface area contributed by atoms with Gasteiger partial charge in [-0.25, -0.2) is 9.98 Å². The summed E-state index contributed by atoms with van der Waals surface area (Å²) in [5, 5.41) is 17.1. The van der Waals surface area contributed by atoms with Crippen molar-refractivity contribution in [3.8, 4) is 0 Å². The second-order valence-corrected chi connectivity index (χ2v) is 8.36. The molecule has 1 aliphatic heterocycles. The summed E-state index contributed by atoms with van der Waals surface area (Å²) in [4.78, 5) is 23.1. The largest absolute Gasteiger partial charge is 0.861 e. The van der Waals surface area contributed by atoms with Gasteiger partial charge in [0.1, 0.15) is 12.3 Å². The van der Waals surface area contributed by atoms with Crippen LogP contribution < -0.4 is 14.7 Å². The van der Waals surface area contributed by atoms with E-state index in [0.29, 0.717) is 34.6 Å². The Kier molecular flexibility index (Phi) is 7.73. The molecule has 2 aromatic carbocycles. The Morgan fingerprint density at radius 2 is 2.03 bits per heavy atom. The van der Waals surface area contributed by atoms with E-state index in [1.165, 1.54) is 15.8 Å². The molecule has 1 aliphatic rings. The van der Waals surface area contributed by atoms with Gasteiger partial charge in [-0.05, 0) is 40.4 Å². The molecule has 174 valence electrons. The van der Waals surface area contributed by atoms with E-state index < -0.39 is 5.90 Å². The predicted octanol–water partition coefficient (Wildman–Crippen LogP) is 2.83. The zero-order valence-corrected chi connectivity index (χ0v) is 19.7. The molecule has 0 saturated carbocycles. The Morgan fingerprint density at radius 1 is 1.26 bits per heavy atom. The van der Waals surface area contributed by atoms with Gasteiger partial charge in [0.15, 0.2) is 5.17 Å². The van der Waals surface area contributed by atoms with E-state index >= 15 is 0 Å². The molecule has 4 rings (SSSR count). The summed E-state index contributed by atoms with van der Waals surface area (Å²) in [5.41, 5.74) is 1.53. The average molecular weight is 498 g/mol. The number of rotatable bonds is 8. The summed E-state index contributed by atoms with van der Waals surface area (Å²) in [6.07, 6.45) is 3.15. The zero-order valence-electron chi connectivity index (χ0n) is 18.1. The molecule has 1 amide bonds. The molecular weight excluding hydrogens is 478 g/mol. The minimum atomic E-state index is -0.452. The Bertz CT molecular complexity index is 1260. The summed E-state index contributed by atoms with van der Waals surface area (Å²) >= 11 is 7.35. The van der Waals surface area contributed by atoms with Gasteiger partial charge in [-0.15, -0.1) is 0 Å². The lowest BCUT2D eigenvalue weighted by atomic mass is 10.2. The Balaban J connectivity index is 1.55. The first-order chi connectivity index (χ1) is 16.5. The standard InChI is InChI=1S/C23H20ClN5O4S/c1-32-12-11-28-14-21(33-27-28)26-20(30)15-34-23-25-19(13-16-7-5-6-10-18(16)24)22(31)29(23)17-8-3-2-4-9-17/h2-10,13-14H,11-12,15H2,1H3/b19-13+. The molecule has 0 saturated heterocycles. The number of hydrogen-bond donors (Lipinski definition) is 0. The highest BCUT2D eigenvalue weighted by atomic mass is 35.5. The van der Waals surface area contributed by atoms with Crippen molar-refractivity contribution in [3.63, 3.8) is 0 Å². The summed E-state index contributed by atoms with van der Waals surface area (Å²) in [5.74, 6) is -0.724. The number of para-hydroxylation sites is 1. The third-order valence-corrected chi connectivity index (χ3v) is 5.89. The van der Waals surface area contributed by atoms with Crippen LogP contribution in [0.1, 0.15) is 5.56 Å². The van der Waals surface area contributed by atoms with E-state index in [1.807, 2.05) is 30.3 Å². The van der Waals surface area contributed by atoms with Gasteiger partial charge < -0.3 is 9.84 Å². The first kappa shape index (κ1) is 23.7. The monoisotopic (exact) mass is 497 g/mol. The van der Waals surface area contributed by atoms with Crippen LogP contribution in [0.25, 0.3) is 6.08 Å². The second-order valence-electron chi connectivity index (χ2n) is 7.01. The third-order valence-electron chi connectivity index (χ3n) is 4.62. The summed E-state index contributed by atoms with van der Waals surface area (Å²) in [6, 6.07) is 16.3. The van der Waals surface area contributed by atoms with E-state index in [4.69, 9.17) is 20.9 Å². The average Bonchev–Trinajstić information content (AvgIpc) is 3.42.